The number of hydrogen-bond acceptors (Lipinski definition) is 5. The van der Waals surface area contributed by atoms with Gasteiger partial charge in [0.2, 0.25) is 0 Å². The zero-order valence-electron chi connectivity index (χ0n) is 13.0. The van der Waals surface area contributed by atoms with Crippen LogP contribution in [0.15, 0.2) is 60.9 Å². The van der Waals surface area contributed by atoms with Gasteiger partial charge in [0.05, 0.1) is 16.8 Å². The lowest BCUT2D eigenvalue weighted by Gasteiger charge is -2.09. The smallest absolute Gasteiger partial charge is 0.335 e. The van der Waals surface area contributed by atoms with Crippen molar-refractivity contribution in [1.29, 1.82) is 0 Å². The topological polar surface area (TPSA) is 118 Å². The number of nitrogens with two attached hydrogens (primary N) is 1. The van der Waals surface area contributed by atoms with Gasteiger partial charge in [0.1, 0.15) is 5.82 Å². The minimum atomic E-state index is -1.02. The van der Waals surface area contributed by atoms with Crippen molar-refractivity contribution >= 4 is 23.4 Å². The molecular weight excluding hydrogens is 320 g/mol. The van der Waals surface area contributed by atoms with Gasteiger partial charge in [0.25, 0.3) is 5.91 Å². The first kappa shape index (κ1) is 16.1. The van der Waals surface area contributed by atoms with Crippen LogP contribution in [0.25, 0.3) is 11.3 Å². The molecule has 2 heterocycles. The average molecular weight is 334 g/mol. The van der Waals surface area contributed by atoms with E-state index in [0.29, 0.717) is 16.9 Å². The van der Waals surface area contributed by atoms with Crippen LogP contribution in [0.5, 0.6) is 0 Å². The van der Waals surface area contributed by atoms with Crippen molar-refractivity contribution < 1.29 is 14.7 Å². The molecule has 2 aromatic heterocycles. The second kappa shape index (κ2) is 6.79. The number of benzene rings is 1. The molecule has 25 heavy (non-hydrogen) atoms. The monoisotopic (exact) mass is 334 g/mol. The molecule has 0 aliphatic heterocycles. The summed E-state index contributed by atoms with van der Waals surface area (Å²) < 4.78 is 0. The maximum atomic E-state index is 12.3. The van der Waals surface area contributed by atoms with Gasteiger partial charge in [0.15, 0.2) is 0 Å². The molecule has 0 bridgehead atoms. The molecule has 0 unspecified atom stereocenters. The summed E-state index contributed by atoms with van der Waals surface area (Å²) in [5, 5.41) is 11.8. The molecule has 0 fully saturated rings. The first-order valence-electron chi connectivity index (χ1n) is 7.36. The molecule has 3 rings (SSSR count). The van der Waals surface area contributed by atoms with Crippen molar-refractivity contribution in [2.24, 2.45) is 0 Å². The number of carboxylic acid groups (broad SMARTS) is 1. The lowest BCUT2D eigenvalue weighted by Crippen LogP contribution is -2.15. The Hall–Kier alpha value is -3.74. The summed E-state index contributed by atoms with van der Waals surface area (Å²) in [7, 11) is 0. The van der Waals surface area contributed by atoms with Gasteiger partial charge in [-0.1, -0.05) is 12.1 Å². The number of carbonyl (C=O) groups is 2. The van der Waals surface area contributed by atoms with Crippen molar-refractivity contribution in [3.05, 3.63) is 72.1 Å². The number of pyridine rings is 2. The number of carbonyl (C=O) groups excluding carboxylic acids is 1. The fourth-order valence-electron chi connectivity index (χ4n) is 2.27. The number of anilines is 2. The Morgan fingerprint density at radius 2 is 1.80 bits per heavy atom. The van der Waals surface area contributed by atoms with Crippen molar-refractivity contribution in [2.75, 3.05) is 11.1 Å². The van der Waals surface area contributed by atoms with E-state index in [1.165, 1.54) is 12.1 Å². The Labute approximate surface area is 143 Å². The molecule has 0 aliphatic carbocycles. The third-order valence-electron chi connectivity index (χ3n) is 3.51. The molecule has 0 aliphatic rings. The highest BCUT2D eigenvalue weighted by Gasteiger charge is 2.13. The number of amides is 1. The van der Waals surface area contributed by atoms with Gasteiger partial charge < -0.3 is 16.2 Å². The molecule has 0 saturated carbocycles. The minimum Gasteiger partial charge on any atom is -0.478 e. The van der Waals surface area contributed by atoms with E-state index in [4.69, 9.17) is 10.8 Å². The van der Waals surface area contributed by atoms with E-state index in [-0.39, 0.29) is 22.9 Å². The maximum Gasteiger partial charge on any atom is 0.335 e. The largest absolute Gasteiger partial charge is 0.478 e. The lowest BCUT2D eigenvalue weighted by molar-refractivity contribution is 0.0696. The van der Waals surface area contributed by atoms with E-state index in [0.717, 1.165) is 0 Å². The van der Waals surface area contributed by atoms with E-state index in [1.54, 1.807) is 48.8 Å². The first-order valence-corrected chi connectivity index (χ1v) is 7.36. The van der Waals surface area contributed by atoms with Crippen molar-refractivity contribution in [1.82, 2.24) is 9.97 Å². The molecule has 4 N–H and O–H groups in total. The fourth-order valence-corrected chi connectivity index (χ4v) is 2.27. The van der Waals surface area contributed by atoms with E-state index in [1.807, 2.05) is 0 Å². The second-order valence-corrected chi connectivity index (χ2v) is 5.21. The minimum absolute atomic E-state index is 0.0600. The van der Waals surface area contributed by atoms with Crippen LogP contribution in [0.1, 0.15) is 20.7 Å². The van der Waals surface area contributed by atoms with Crippen LogP contribution in [-0.4, -0.2) is 27.0 Å². The zero-order chi connectivity index (χ0) is 17.8. The van der Waals surface area contributed by atoms with Gasteiger partial charge >= 0.3 is 5.97 Å². The predicted molar refractivity (Wildman–Crippen MR) is 93.2 cm³/mol. The molecule has 3 aromatic rings. The highest BCUT2D eigenvalue weighted by atomic mass is 16.4. The fraction of sp³-hybridized carbons (Fsp3) is 0. The maximum absolute atomic E-state index is 12.3. The first-order chi connectivity index (χ1) is 12.0. The Morgan fingerprint density at radius 1 is 1.04 bits per heavy atom. The van der Waals surface area contributed by atoms with E-state index >= 15 is 0 Å². The Kier molecular flexibility index (Phi) is 4.38. The normalized spacial score (nSPS) is 10.2. The predicted octanol–water partition coefficient (Wildman–Crippen LogP) is 2.68. The highest BCUT2D eigenvalue weighted by molar-refractivity contribution is 6.07. The second-order valence-electron chi connectivity index (χ2n) is 5.21. The van der Waals surface area contributed by atoms with Crippen molar-refractivity contribution in [2.45, 2.75) is 0 Å². The van der Waals surface area contributed by atoms with E-state index in [2.05, 4.69) is 15.3 Å². The SMILES string of the molecule is Nc1nc(-c2cccc(C(=O)O)c2)ccc1C(=O)Nc1ccncc1. The average Bonchev–Trinajstić information content (AvgIpc) is 2.62. The van der Waals surface area contributed by atoms with Crippen molar-refractivity contribution in [3.8, 4) is 11.3 Å². The van der Waals surface area contributed by atoms with Gasteiger partial charge in [0, 0.05) is 23.6 Å². The van der Waals surface area contributed by atoms with Crippen LogP contribution in [0.3, 0.4) is 0 Å². The Balaban J connectivity index is 1.87. The number of nitrogen functional groups attached to an aromatic ring is 1. The Bertz CT molecular complexity index is 942. The third kappa shape index (κ3) is 3.61. The molecule has 1 amide bonds. The number of rotatable bonds is 4. The van der Waals surface area contributed by atoms with Crippen LogP contribution < -0.4 is 11.1 Å². The third-order valence-corrected chi connectivity index (χ3v) is 3.51. The van der Waals surface area contributed by atoms with E-state index < -0.39 is 5.97 Å². The molecule has 1 aromatic carbocycles. The summed E-state index contributed by atoms with van der Waals surface area (Å²) in [6, 6.07) is 12.8. The molecule has 7 nitrogen and oxygen atoms in total. The van der Waals surface area contributed by atoms with Crippen LogP contribution in [0.2, 0.25) is 0 Å². The van der Waals surface area contributed by atoms with Crippen LogP contribution in [0, 0.1) is 0 Å². The summed E-state index contributed by atoms with van der Waals surface area (Å²) in [4.78, 5) is 31.5. The summed E-state index contributed by atoms with van der Waals surface area (Å²) in [6.07, 6.45) is 3.13. The molecular formula is C18H14N4O3. The van der Waals surface area contributed by atoms with Crippen molar-refractivity contribution in [3.63, 3.8) is 0 Å². The summed E-state index contributed by atoms with van der Waals surface area (Å²) in [5.41, 5.74) is 7.98. The molecule has 7 heteroatoms. The van der Waals surface area contributed by atoms with Crippen LogP contribution >= 0.6 is 0 Å². The van der Waals surface area contributed by atoms with Gasteiger partial charge in [-0.2, -0.15) is 0 Å². The summed E-state index contributed by atoms with van der Waals surface area (Å²) >= 11 is 0. The van der Waals surface area contributed by atoms with Gasteiger partial charge in [-0.05, 0) is 36.4 Å². The standard InChI is InChI=1S/C18H14N4O3/c19-16-14(17(23)21-13-6-8-20-9-7-13)4-5-15(22-16)11-2-1-3-12(10-11)18(24)25/h1-10H,(H2,19,22)(H,24,25)(H,20,21,23). The molecule has 0 saturated heterocycles. The number of nitrogens with zero attached hydrogens (tertiary/aromatic N) is 2. The number of nitrogens with one attached hydrogen (secondary N) is 1. The highest BCUT2D eigenvalue weighted by Crippen LogP contribution is 2.22. The lowest BCUT2D eigenvalue weighted by atomic mass is 10.1. The number of aromatic carboxylic acids is 1. The van der Waals surface area contributed by atoms with Crippen LogP contribution in [-0.2, 0) is 0 Å². The van der Waals surface area contributed by atoms with Gasteiger partial charge in [-0.3, -0.25) is 9.78 Å². The van der Waals surface area contributed by atoms with E-state index in [9.17, 15) is 9.59 Å². The number of carboxylic acids is 1. The van der Waals surface area contributed by atoms with Crippen LogP contribution in [0.4, 0.5) is 11.5 Å². The Morgan fingerprint density at radius 3 is 2.48 bits per heavy atom. The summed E-state index contributed by atoms with van der Waals surface area (Å²) in [6.45, 7) is 0. The molecule has 0 spiro atoms. The molecule has 124 valence electrons. The molecule has 0 radical (unpaired) electrons. The zero-order valence-corrected chi connectivity index (χ0v) is 13.0. The summed E-state index contributed by atoms with van der Waals surface area (Å²) in [5.74, 6) is -1.35. The number of hydrogen-bond donors (Lipinski definition) is 3. The van der Waals surface area contributed by atoms with Gasteiger partial charge in [-0.15, -0.1) is 0 Å². The molecule has 0 atom stereocenters. The van der Waals surface area contributed by atoms with Gasteiger partial charge in [-0.25, -0.2) is 9.78 Å². The quantitative estimate of drug-likeness (QED) is 0.675. The number of aromatic nitrogens is 2.